The van der Waals surface area contributed by atoms with E-state index < -0.39 is 17.1 Å². The number of imide groups is 1. The Morgan fingerprint density at radius 2 is 2.12 bits per heavy atom. The Kier molecular flexibility index (Phi) is 6.90. The van der Waals surface area contributed by atoms with Gasteiger partial charge in [-0.2, -0.15) is 0 Å². The number of carbonyl (C=O) groups is 3. The van der Waals surface area contributed by atoms with Crippen LogP contribution in [0.15, 0.2) is 17.0 Å². The highest BCUT2D eigenvalue weighted by Gasteiger charge is 2.36. The Bertz CT molecular complexity index is 767. The maximum absolute atomic E-state index is 12.4. The topological polar surface area (TPSA) is 105 Å². The summed E-state index contributed by atoms with van der Waals surface area (Å²) in [6.07, 6.45) is 1.45. The first-order valence-electron chi connectivity index (χ1n) is 7.45. The summed E-state index contributed by atoms with van der Waals surface area (Å²) in [5, 5.41) is 11.8. The van der Waals surface area contributed by atoms with Crippen LogP contribution >= 0.6 is 23.4 Å². The van der Waals surface area contributed by atoms with Crippen LogP contribution in [0.3, 0.4) is 0 Å². The zero-order chi connectivity index (χ0) is 19.3. The summed E-state index contributed by atoms with van der Waals surface area (Å²) in [5.74, 6) is -1.11. The van der Waals surface area contributed by atoms with Crippen molar-refractivity contribution in [2.45, 2.75) is 0 Å². The molecule has 2 N–H and O–H groups in total. The number of hydrogen-bond acceptors (Lipinski definition) is 7. The van der Waals surface area contributed by atoms with E-state index in [9.17, 15) is 19.5 Å². The Morgan fingerprint density at radius 3 is 2.77 bits per heavy atom. The molecule has 1 aromatic carbocycles. The molecule has 10 heteroatoms. The Hall–Kier alpha value is -2.23. The lowest BCUT2D eigenvalue weighted by Gasteiger charge is -2.12. The minimum Gasteiger partial charge on any atom is -0.503 e. The molecule has 3 amide bonds. The molecule has 0 radical (unpaired) electrons. The summed E-state index contributed by atoms with van der Waals surface area (Å²) in [7, 11) is 2.86. The van der Waals surface area contributed by atoms with Crippen LogP contribution in [0.2, 0.25) is 5.02 Å². The van der Waals surface area contributed by atoms with Crippen LogP contribution in [0.25, 0.3) is 6.08 Å². The number of phenols is 1. The number of carbonyl (C=O) groups excluding carboxylic acids is 3. The quantitative estimate of drug-likeness (QED) is 0.531. The molecule has 0 aliphatic carbocycles. The number of hydrogen-bond donors (Lipinski definition) is 2. The minimum absolute atomic E-state index is 0.0485. The fourth-order valence-electron chi connectivity index (χ4n) is 2.11. The van der Waals surface area contributed by atoms with Gasteiger partial charge in [0.2, 0.25) is 5.91 Å². The number of thioether (sulfide) groups is 1. The lowest BCUT2D eigenvalue weighted by molar-refractivity contribution is -0.129. The third-order valence-corrected chi connectivity index (χ3v) is 4.57. The van der Waals surface area contributed by atoms with E-state index in [-0.39, 0.29) is 34.5 Å². The van der Waals surface area contributed by atoms with Crippen LogP contribution < -0.4 is 10.1 Å². The van der Waals surface area contributed by atoms with Gasteiger partial charge in [-0.1, -0.05) is 11.6 Å². The number of aromatic hydroxyl groups is 1. The normalized spacial score (nSPS) is 15.7. The van der Waals surface area contributed by atoms with E-state index in [1.165, 1.54) is 32.4 Å². The van der Waals surface area contributed by atoms with Gasteiger partial charge >= 0.3 is 0 Å². The molecule has 1 fully saturated rings. The van der Waals surface area contributed by atoms with Gasteiger partial charge in [0, 0.05) is 13.7 Å². The number of phenolic OH excluding ortho intramolecular Hbond substituents is 1. The van der Waals surface area contributed by atoms with Gasteiger partial charge in [-0.3, -0.25) is 19.3 Å². The van der Waals surface area contributed by atoms with Crippen molar-refractivity contribution in [3.63, 3.8) is 0 Å². The van der Waals surface area contributed by atoms with Crippen molar-refractivity contribution in [2.24, 2.45) is 0 Å². The standard InChI is InChI=1S/C16H17ClN2O6S/c1-24-4-3-18-13(20)8-19-15(22)12(26-16(19)23)7-9-5-10(17)14(21)11(6-9)25-2/h5-7,21H,3-4,8H2,1-2H3,(H,18,20)/b12-7-. The average molecular weight is 401 g/mol. The number of rotatable bonds is 7. The van der Waals surface area contributed by atoms with Crippen LogP contribution in [0.4, 0.5) is 4.79 Å². The smallest absolute Gasteiger partial charge is 0.294 e. The maximum atomic E-state index is 12.4. The van der Waals surface area contributed by atoms with Gasteiger partial charge in [0.25, 0.3) is 11.1 Å². The van der Waals surface area contributed by atoms with Crippen molar-refractivity contribution >= 4 is 46.5 Å². The second-order valence-corrected chi connectivity index (χ2v) is 6.56. The highest BCUT2D eigenvalue weighted by Crippen LogP contribution is 2.37. The van der Waals surface area contributed by atoms with Crippen LogP contribution in [0.5, 0.6) is 11.5 Å². The predicted molar refractivity (Wildman–Crippen MR) is 97.2 cm³/mol. The zero-order valence-corrected chi connectivity index (χ0v) is 15.6. The molecule has 0 unspecified atom stereocenters. The highest BCUT2D eigenvalue weighted by molar-refractivity contribution is 8.18. The molecule has 2 rings (SSSR count). The number of methoxy groups -OCH3 is 2. The van der Waals surface area contributed by atoms with Gasteiger partial charge < -0.3 is 19.9 Å². The van der Waals surface area contributed by atoms with E-state index in [1.807, 2.05) is 0 Å². The largest absolute Gasteiger partial charge is 0.503 e. The van der Waals surface area contributed by atoms with E-state index in [2.05, 4.69) is 5.32 Å². The molecular formula is C16H17ClN2O6S. The Labute approximate surface area is 159 Å². The molecule has 8 nitrogen and oxygen atoms in total. The predicted octanol–water partition coefficient (Wildman–Crippen LogP) is 1.85. The van der Waals surface area contributed by atoms with Gasteiger partial charge in [0.15, 0.2) is 11.5 Å². The maximum Gasteiger partial charge on any atom is 0.294 e. The van der Waals surface area contributed by atoms with E-state index in [4.69, 9.17) is 21.1 Å². The first-order chi connectivity index (χ1) is 12.4. The van der Waals surface area contributed by atoms with E-state index >= 15 is 0 Å². The van der Waals surface area contributed by atoms with Gasteiger partial charge in [0.1, 0.15) is 6.54 Å². The number of amides is 3. The molecule has 0 atom stereocenters. The van der Waals surface area contributed by atoms with Crippen LogP contribution in [-0.2, 0) is 14.3 Å². The molecule has 1 aliphatic heterocycles. The molecule has 1 aromatic rings. The molecule has 0 spiro atoms. The number of ether oxygens (including phenoxy) is 2. The average Bonchev–Trinajstić information content (AvgIpc) is 2.85. The summed E-state index contributed by atoms with van der Waals surface area (Å²) in [6, 6.07) is 2.91. The molecule has 0 aromatic heterocycles. The van der Waals surface area contributed by atoms with Crippen LogP contribution in [0, 0.1) is 0 Å². The van der Waals surface area contributed by atoms with Gasteiger partial charge in [-0.15, -0.1) is 0 Å². The Balaban J connectivity index is 2.14. The monoisotopic (exact) mass is 400 g/mol. The highest BCUT2D eigenvalue weighted by atomic mass is 35.5. The lowest BCUT2D eigenvalue weighted by Crippen LogP contribution is -2.40. The van der Waals surface area contributed by atoms with Crippen LogP contribution in [0.1, 0.15) is 5.56 Å². The first-order valence-corrected chi connectivity index (χ1v) is 8.64. The zero-order valence-electron chi connectivity index (χ0n) is 14.1. The summed E-state index contributed by atoms with van der Waals surface area (Å²) in [5.41, 5.74) is 0.472. The number of nitrogens with one attached hydrogen (secondary N) is 1. The summed E-state index contributed by atoms with van der Waals surface area (Å²) in [4.78, 5) is 37.2. The molecule has 26 heavy (non-hydrogen) atoms. The van der Waals surface area contributed by atoms with Gasteiger partial charge in [0.05, 0.1) is 23.6 Å². The van der Waals surface area contributed by atoms with Crippen molar-refractivity contribution in [1.29, 1.82) is 0 Å². The van der Waals surface area contributed by atoms with Crippen molar-refractivity contribution < 1.29 is 29.0 Å². The molecular weight excluding hydrogens is 384 g/mol. The van der Waals surface area contributed by atoms with Crippen molar-refractivity contribution in [2.75, 3.05) is 33.9 Å². The summed E-state index contributed by atoms with van der Waals surface area (Å²) >= 11 is 6.63. The van der Waals surface area contributed by atoms with Gasteiger partial charge in [-0.05, 0) is 35.5 Å². The van der Waals surface area contributed by atoms with E-state index in [0.717, 1.165) is 16.7 Å². The number of halogens is 1. The molecule has 1 heterocycles. The Morgan fingerprint density at radius 1 is 1.38 bits per heavy atom. The second-order valence-electron chi connectivity index (χ2n) is 5.16. The van der Waals surface area contributed by atoms with Crippen molar-refractivity contribution in [3.8, 4) is 11.5 Å². The fraction of sp³-hybridized carbons (Fsp3) is 0.312. The number of nitrogens with zero attached hydrogens (tertiary/aromatic N) is 1. The van der Waals surface area contributed by atoms with Crippen LogP contribution in [-0.4, -0.2) is 61.0 Å². The van der Waals surface area contributed by atoms with Crippen molar-refractivity contribution in [1.82, 2.24) is 10.2 Å². The molecule has 0 bridgehead atoms. The summed E-state index contributed by atoms with van der Waals surface area (Å²) in [6.45, 7) is 0.246. The lowest BCUT2D eigenvalue weighted by atomic mass is 10.2. The number of benzene rings is 1. The van der Waals surface area contributed by atoms with Gasteiger partial charge in [-0.25, -0.2) is 0 Å². The second kappa shape index (κ2) is 8.93. The SMILES string of the molecule is COCCNC(=O)CN1C(=O)S/C(=C\c2cc(Cl)c(O)c(OC)c2)C1=O. The fourth-order valence-corrected chi connectivity index (χ4v) is 3.17. The third-order valence-electron chi connectivity index (χ3n) is 3.37. The van der Waals surface area contributed by atoms with E-state index in [1.54, 1.807) is 0 Å². The minimum atomic E-state index is -0.579. The molecule has 140 valence electrons. The van der Waals surface area contributed by atoms with E-state index in [0.29, 0.717) is 12.2 Å². The van der Waals surface area contributed by atoms with Crippen molar-refractivity contribution in [3.05, 3.63) is 27.6 Å². The summed E-state index contributed by atoms with van der Waals surface area (Å²) < 4.78 is 9.81. The molecule has 1 saturated heterocycles. The molecule has 1 aliphatic rings. The first kappa shape index (κ1) is 20.1. The molecule has 0 saturated carbocycles. The third kappa shape index (κ3) is 4.69.